The van der Waals surface area contributed by atoms with Crippen LogP contribution >= 0.6 is 0 Å². The molecule has 0 aliphatic carbocycles. The van der Waals surface area contributed by atoms with E-state index in [-0.39, 0.29) is 11.7 Å². The second-order valence-corrected chi connectivity index (χ2v) is 4.50. The lowest BCUT2D eigenvalue weighted by Crippen LogP contribution is -2.48. The van der Waals surface area contributed by atoms with Gasteiger partial charge in [0.1, 0.15) is 6.04 Å². The summed E-state index contributed by atoms with van der Waals surface area (Å²) in [6, 6.07) is -0.754. The van der Waals surface area contributed by atoms with Crippen LogP contribution in [-0.4, -0.2) is 39.5 Å². The molecule has 0 unspecified atom stereocenters. The van der Waals surface area contributed by atoms with Gasteiger partial charge in [0.15, 0.2) is 5.89 Å². The summed E-state index contributed by atoms with van der Waals surface area (Å²) >= 11 is 0. The Kier molecular flexibility index (Phi) is 3.36. The largest absolute Gasteiger partial charge is 0.480 e. The number of likely N-dealkylation sites (tertiary alicyclic amines) is 1. The smallest absolute Gasteiger partial charge is 0.326 e. The topological polar surface area (TPSA) is 83.6 Å². The molecule has 6 nitrogen and oxygen atoms in total. The minimum Gasteiger partial charge on any atom is -0.480 e. The zero-order chi connectivity index (χ0) is 13.3. The minimum absolute atomic E-state index is 0.153. The molecule has 1 fully saturated rings. The van der Waals surface area contributed by atoms with E-state index in [1.54, 1.807) is 13.8 Å². The number of carboxylic acid groups (broad SMARTS) is 1. The SMILES string of the molecule is Cc1nc(C)c(C(=O)N2CCCC[C@@H]2C(=O)O)o1. The maximum Gasteiger partial charge on any atom is 0.326 e. The average molecular weight is 252 g/mol. The van der Waals surface area contributed by atoms with Crippen molar-refractivity contribution in [1.82, 2.24) is 9.88 Å². The summed E-state index contributed by atoms with van der Waals surface area (Å²) in [5.74, 6) is -0.766. The molecule has 0 radical (unpaired) electrons. The van der Waals surface area contributed by atoms with E-state index in [1.165, 1.54) is 4.90 Å². The molecule has 1 aliphatic rings. The summed E-state index contributed by atoms with van der Waals surface area (Å²) in [6.07, 6.45) is 2.14. The number of aryl methyl sites for hydroxylation is 2. The quantitative estimate of drug-likeness (QED) is 0.859. The van der Waals surface area contributed by atoms with Gasteiger partial charge in [0.2, 0.25) is 5.76 Å². The number of amides is 1. The lowest BCUT2D eigenvalue weighted by Gasteiger charge is -2.32. The lowest BCUT2D eigenvalue weighted by molar-refractivity contribution is -0.143. The predicted molar refractivity (Wildman–Crippen MR) is 62.3 cm³/mol. The van der Waals surface area contributed by atoms with Gasteiger partial charge in [0, 0.05) is 13.5 Å². The van der Waals surface area contributed by atoms with Crippen molar-refractivity contribution in [1.29, 1.82) is 0 Å². The van der Waals surface area contributed by atoms with E-state index < -0.39 is 12.0 Å². The molecule has 98 valence electrons. The summed E-state index contributed by atoms with van der Waals surface area (Å²) in [5.41, 5.74) is 0.507. The number of oxazole rings is 1. The number of rotatable bonds is 2. The number of aliphatic carboxylic acids is 1. The molecule has 0 aromatic carbocycles. The minimum atomic E-state index is -0.961. The normalized spacial score (nSPS) is 19.9. The number of carboxylic acids is 1. The molecule has 1 aromatic heterocycles. The average Bonchev–Trinajstić information content (AvgIpc) is 2.67. The molecular formula is C12H16N2O4. The van der Waals surface area contributed by atoms with Crippen molar-refractivity contribution in [2.45, 2.75) is 39.2 Å². The number of aromatic nitrogens is 1. The van der Waals surface area contributed by atoms with E-state index in [9.17, 15) is 9.59 Å². The van der Waals surface area contributed by atoms with Crippen LogP contribution in [0.25, 0.3) is 0 Å². The van der Waals surface area contributed by atoms with Crippen molar-refractivity contribution in [3.05, 3.63) is 17.3 Å². The summed E-state index contributed by atoms with van der Waals surface area (Å²) in [6.45, 7) is 3.80. The standard InChI is InChI=1S/C12H16N2O4/c1-7-10(18-8(2)13-7)11(15)14-6-4-3-5-9(14)12(16)17/h9H,3-6H2,1-2H3,(H,16,17)/t9-/m1/s1. The predicted octanol–water partition coefficient (Wildman–Crippen LogP) is 1.37. The van der Waals surface area contributed by atoms with Gasteiger partial charge in [-0.15, -0.1) is 0 Å². The molecule has 2 rings (SSSR count). The Morgan fingerprint density at radius 3 is 2.67 bits per heavy atom. The van der Waals surface area contributed by atoms with Crippen molar-refractivity contribution in [3.8, 4) is 0 Å². The van der Waals surface area contributed by atoms with Gasteiger partial charge in [-0.05, 0) is 26.2 Å². The highest BCUT2D eigenvalue weighted by molar-refractivity contribution is 5.95. The Labute approximate surface area is 105 Å². The molecule has 1 saturated heterocycles. The molecule has 1 aliphatic heterocycles. The van der Waals surface area contributed by atoms with E-state index in [0.717, 1.165) is 12.8 Å². The van der Waals surface area contributed by atoms with Gasteiger partial charge in [-0.3, -0.25) is 4.79 Å². The molecular weight excluding hydrogens is 236 g/mol. The Bertz CT molecular complexity index is 480. The Hall–Kier alpha value is -1.85. The third-order valence-electron chi connectivity index (χ3n) is 3.15. The third kappa shape index (κ3) is 2.23. The van der Waals surface area contributed by atoms with Crippen LogP contribution in [0.2, 0.25) is 0 Å². The number of hydrogen-bond acceptors (Lipinski definition) is 4. The molecule has 1 atom stereocenters. The number of hydrogen-bond donors (Lipinski definition) is 1. The number of piperidine rings is 1. The van der Waals surface area contributed by atoms with Gasteiger partial charge in [0.25, 0.3) is 5.91 Å². The summed E-state index contributed by atoms with van der Waals surface area (Å²) in [7, 11) is 0. The monoisotopic (exact) mass is 252 g/mol. The fourth-order valence-corrected chi connectivity index (χ4v) is 2.29. The molecule has 2 heterocycles. The van der Waals surface area contributed by atoms with Crippen molar-refractivity contribution in [2.24, 2.45) is 0 Å². The second-order valence-electron chi connectivity index (χ2n) is 4.50. The van der Waals surface area contributed by atoms with Gasteiger partial charge in [-0.25, -0.2) is 9.78 Å². The van der Waals surface area contributed by atoms with E-state index in [1.807, 2.05) is 0 Å². The molecule has 0 bridgehead atoms. The first-order chi connectivity index (χ1) is 8.50. The van der Waals surface area contributed by atoms with Crippen LogP contribution < -0.4 is 0 Å². The maximum atomic E-state index is 12.3. The summed E-state index contributed by atoms with van der Waals surface area (Å²) in [5, 5.41) is 9.14. The van der Waals surface area contributed by atoms with E-state index in [4.69, 9.17) is 9.52 Å². The lowest BCUT2D eigenvalue weighted by atomic mass is 10.0. The van der Waals surface area contributed by atoms with Crippen LogP contribution in [0.15, 0.2) is 4.42 Å². The molecule has 1 N–H and O–H groups in total. The zero-order valence-corrected chi connectivity index (χ0v) is 10.5. The molecule has 18 heavy (non-hydrogen) atoms. The van der Waals surface area contributed by atoms with Crippen LogP contribution in [0.1, 0.15) is 41.4 Å². The molecule has 0 saturated carbocycles. The van der Waals surface area contributed by atoms with Crippen LogP contribution in [-0.2, 0) is 4.79 Å². The van der Waals surface area contributed by atoms with Gasteiger partial charge in [0.05, 0.1) is 5.69 Å². The highest BCUT2D eigenvalue weighted by atomic mass is 16.4. The van der Waals surface area contributed by atoms with E-state index in [0.29, 0.717) is 24.6 Å². The summed E-state index contributed by atoms with van der Waals surface area (Å²) < 4.78 is 5.26. The van der Waals surface area contributed by atoms with Crippen molar-refractivity contribution >= 4 is 11.9 Å². The van der Waals surface area contributed by atoms with E-state index in [2.05, 4.69) is 4.98 Å². The van der Waals surface area contributed by atoms with Crippen molar-refractivity contribution in [3.63, 3.8) is 0 Å². The van der Waals surface area contributed by atoms with Crippen LogP contribution in [0.5, 0.6) is 0 Å². The molecule has 0 spiro atoms. The summed E-state index contributed by atoms with van der Waals surface area (Å²) in [4.78, 5) is 28.8. The number of nitrogens with zero attached hydrogens (tertiary/aromatic N) is 2. The fourth-order valence-electron chi connectivity index (χ4n) is 2.29. The Balaban J connectivity index is 2.26. The fraction of sp³-hybridized carbons (Fsp3) is 0.583. The zero-order valence-electron chi connectivity index (χ0n) is 10.5. The highest BCUT2D eigenvalue weighted by Gasteiger charge is 2.34. The van der Waals surface area contributed by atoms with Gasteiger partial charge < -0.3 is 14.4 Å². The second kappa shape index (κ2) is 4.80. The van der Waals surface area contributed by atoms with Crippen molar-refractivity contribution < 1.29 is 19.1 Å². The van der Waals surface area contributed by atoms with Crippen LogP contribution in [0.3, 0.4) is 0 Å². The first kappa shape index (κ1) is 12.6. The molecule has 1 amide bonds. The third-order valence-corrected chi connectivity index (χ3v) is 3.15. The van der Waals surface area contributed by atoms with E-state index >= 15 is 0 Å². The first-order valence-corrected chi connectivity index (χ1v) is 5.98. The Morgan fingerprint density at radius 1 is 1.39 bits per heavy atom. The van der Waals surface area contributed by atoms with Gasteiger partial charge >= 0.3 is 5.97 Å². The first-order valence-electron chi connectivity index (χ1n) is 5.98. The van der Waals surface area contributed by atoms with Crippen molar-refractivity contribution in [2.75, 3.05) is 6.54 Å². The number of carbonyl (C=O) groups excluding carboxylic acids is 1. The maximum absolute atomic E-state index is 12.3. The van der Waals surface area contributed by atoms with Crippen LogP contribution in [0, 0.1) is 13.8 Å². The van der Waals surface area contributed by atoms with Gasteiger partial charge in [-0.1, -0.05) is 0 Å². The highest BCUT2D eigenvalue weighted by Crippen LogP contribution is 2.21. The number of carbonyl (C=O) groups is 2. The molecule has 1 aromatic rings. The van der Waals surface area contributed by atoms with Crippen LogP contribution in [0.4, 0.5) is 0 Å². The Morgan fingerprint density at radius 2 is 2.11 bits per heavy atom. The molecule has 6 heteroatoms. The van der Waals surface area contributed by atoms with Gasteiger partial charge in [-0.2, -0.15) is 0 Å².